The molecule has 0 bridgehead atoms. The Kier molecular flexibility index (Phi) is 6.84. The van der Waals surface area contributed by atoms with Crippen LogP contribution >= 0.6 is 0 Å². The maximum absolute atomic E-state index is 6.31. The van der Waals surface area contributed by atoms with Gasteiger partial charge in [0.05, 0.1) is 5.69 Å². The Morgan fingerprint density at radius 1 is 0.354 bits per heavy atom. The Bertz CT molecular complexity index is 2530. The number of fused-ring (bicyclic) bond motifs is 5. The topological polar surface area (TPSA) is 16.4 Å². The molecule has 1 aromatic heterocycles. The molecule has 0 radical (unpaired) electrons. The molecular formula is C46H31NO. The molecule has 2 heteroatoms. The highest BCUT2D eigenvalue weighted by Gasteiger charge is 2.18. The molecule has 2 nitrogen and oxygen atoms in total. The van der Waals surface area contributed by atoms with Crippen LogP contribution in [0.4, 0.5) is 17.1 Å². The molecule has 0 aliphatic rings. The summed E-state index contributed by atoms with van der Waals surface area (Å²) in [6.45, 7) is 0. The average molecular weight is 614 g/mol. The molecule has 0 aliphatic carbocycles. The monoisotopic (exact) mass is 613 g/mol. The molecule has 0 saturated heterocycles. The minimum absolute atomic E-state index is 0.924. The molecule has 0 saturated carbocycles. The zero-order chi connectivity index (χ0) is 31.9. The molecule has 48 heavy (non-hydrogen) atoms. The molecule has 8 aromatic carbocycles. The van der Waals surface area contributed by atoms with Gasteiger partial charge in [0.2, 0.25) is 0 Å². The lowest BCUT2D eigenvalue weighted by Gasteiger charge is -2.28. The summed E-state index contributed by atoms with van der Waals surface area (Å²) < 4.78 is 6.31. The van der Waals surface area contributed by atoms with Gasteiger partial charge in [0.1, 0.15) is 11.2 Å². The Morgan fingerprint density at radius 2 is 0.896 bits per heavy atom. The minimum atomic E-state index is 0.924. The Morgan fingerprint density at radius 3 is 1.62 bits per heavy atom. The van der Waals surface area contributed by atoms with Crippen LogP contribution in [0, 0.1) is 0 Å². The molecule has 0 N–H and O–H groups in total. The maximum Gasteiger partial charge on any atom is 0.143 e. The fourth-order valence-electron chi connectivity index (χ4n) is 6.89. The number of anilines is 3. The number of rotatable bonds is 6. The van der Waals surface area contributed by atoms with Gasteiger partial charge in [-0.15, -0.1) is 0 Å². The van der Waals surface area contributed by atoms with Crippen molar-refractivity contribution in [3.05, 3.63) is 188 Å². The summed E-state index contributed by atoms with van der Waals surface area (Å²) in [7, 11) is 0. The highest BCUT2D eigenvalue weighted by atomic mass is 16.3. The van der Waals surface area contributed by atoms with E-state index in [1.54, 1.807) is 0 Å². The predicted molar refractivity (Wildman–Crippen MR) is 202 cm³/mol. The first-order chi connectivity index (χ1) is 23.8. The second kappa shape index (κ2) is 11.8. The second-order valence-corrected chi connectivity index (χ2v) is 12.2. The normalized spacial score (nSPS) is 11.3. The molecule has 0 amide bonds. The van der Waals surface area contributed by atoms with E-state index < -0.39 is 0 Å². The molecule has 1 heterocycles. The van der Waals surface area contributed by atoms with Crippen molar-refractivity contribution < 1.29 is 4.42 Å². The van der Waals surface area contributed by atoms with Gasteiger partial charge in [0, 0.05) is 33.1 Å². The Labute approximate surface area is 279 Å². The molecule has 0 atom stereocenters. The third-order valence-corrected chi connectivity index (χ3v) is 9.28. The van der Waals surface area contributed by atoms with Gasteiger partial charge in [0.25, 0.3) is 0 Å². The van der Waals surface area contributed by atoms with Crippen LogP contribution in [0.15, 0.2) is 192 Å². The molecule has 0 fully saturated rings. The number of benzene rings is 8. The molecule has 9 rings (SSSR count). The Balaban J connectivity index is 1.12. The van der Waals surface area contributed by atoms with Crippen LogP contribution in [0.3, 0.4) is 0 Å². The summed E-state index contributed by atoms with van der Waals surface area (Å²) in [4.78, 5) is 2.36. The smallest absolute Gasteiger partial charge is 0.143 e. The van der Waals surface area contributed by atoms with E-state index in [1.807, 2.05) is 12.1 Å². The van der Waals surface area contributed by atoms with E-state index in [0.29, 0.717) is 0 Å². The van der Waals surface area contributed by atoms with Gasteiger partial charge in [-0.2, -0.15) is 0 Å². The van der Waals surface area contributed by atoms with Crippen LogP contribution in [0.1, 0.15) is 0 Å². The lowest BCUT2D eigenvalue weighted by atomic mass is 9.98. The van der Waals surface area contributed by atoms with Crippen molar-refractivity contribution in [2.75, 3.05) is 4.90 Å². The third-order valence-electron chi connectivity index (χ3n) is 9.28. The zero-order valence-electron chi connectivity index (χ0n) is 26.3. The summed E-state index contributed by atoms with van der Waals surface area (Å²) >= 11 is 0. The summed E-state index contributed by atoms with van der Waals surface area (Å²) in [5.74, 6) is 0. The van der Waals surface area contributed by atoms with Crippen molar-refractivity contribution in [2.45, 2.75) is 0 Å². The van der Waals surface area contributed by atoms with Gasteiger partial charge in [-0.3, -0.25) is 0 Å². The largest absolute Gasteiger partial charge is 0.455 e. The molecule has 0 unspecified atom stereocenters. The van der Waals surface area contributed by atoms with Gasteiger partial charge in [0.15, 0.2) is 0 Å². The molecular weight excluding hydrogens is 583 g/mol. The van der Waals surface area contributed by atoms with Gasteiger partial charge in [-0.25, -0.2) is 0 Å². The first-order valence-corrected chi connectivity index (χ1v) is 16.3. The van der Waals surface area contributed by atoms with E-state index in [2.05, 4.69) is 181 Å². The maximum atomic E-state index is 6.31. The molecule has 226 valence electrons. The minimum Gasteiger partial charge on any atom is -0.455 e. The fraction of sp³-hybridized carbons (Fsp3) is 0. The van der Waals surface area contributed by atoms with Crippen LogP contribution in [0.25, 0.3) is 66.1 Å². The van der Waals surface area contributed by atoms with Crippen molar-refractivity contribution in [3.63, 3.8) is 0 Å². The second-order valence-electron chi connectivity index (χ2n) is 12.2. The van der Waals surface area contributed by atoms with E-state index in [1.165, 1.54) is 38.8 Å². The summed E-state index contributed by atoms with van der Waals surface area (Å²) in [5.41, 5.74) is 12.3. The highest BCUT2D eigenvalue weighted by molar-refractivity contribution is 6.15. The summed E-state index contributed by atoms with van der Waals surface area (Å²) in [5, 5.41) is 4.61. The van der Waals surface area contributed by atoms with E-state index in [9.17, 15) is 0 Å². The van der Waals surface area contributed by atoms with Crippen molar-refractivity contribution in [2.24, 2.45) is 0 Å². The van der Waals surface area contributed by atoms with Gasteiger partial charge < -0.3 is 9.32 Å². The SMILES string of the molecule is c1ccc(-c2ccc(N(c3ccc(-c4ccc5c(ccc6c7ccccc7oc56)c4)cc3)c3ccccc3-c3ccccc3)cc2)cc1. The van der Waals surface area contributed by atoms with Gasteiger partial charge in [-0.1, -0.05) is 133 Å². The average Bonchev–Trinajstić information content (AvgIpc) is 3.56. The summed E-state index contributed by atoms with van der Waals surface area (Å²) in [6.07, 6.45) is 0. The molecule has 0 aliphatic heterocycles. The lowest BCUT2D eigenvalue weighted by Crippen LogP contribution is -2.11. The number of furan rings is 1. The first-order valence-electron chi connectivity index (χ1n) is 16.3. The number of hydrogen-bond acceptors (Lipinski definition) is 2. The van der Waals surface area contributed by atoms with Crippen LogP contribution in [0.2, 0.25) is 0 Å². The standard InChI is InChI=1S/C46H31NO/c1-3-11-32(12-4-1)33-19-25-38(26-20-33)47(44-17-9-7-15-40(44)35-13-5-2-6-14-35)39-27-21-34(22-28-39)36-23-29-41-37(31-36)24-30-43-42-16-8-10-18-45(42)48-46(41)43/h1-31H. The van der Waals surface area contributed by atoms with Crippen LogP contribution < -0.4 is 4.90 Å². The highest BCUT2D eigenvalue weighted by Crippen LogP contribution is 2.42. The van der Waals surface area contributed by atoms with Crippen LogP contribution in [0.5, 0.6) is 0 Å². The zero-order valence-corrected chi connectivity index (χ0v) is 26.3. The van der Waals surface area contributed by atoms with E-state index in [-0.39, 0.29) is 0 Å². The van der Waals surface area contributed by atoms with Crippen molar-refractivity contribution in [1.82, 2.24) is 0 Å². The summed E-state index contributed by atoms with van der Waals surface area (Å²) in [6, 6.07) is 66.9. The fourth-order valence-corrected chi connectivity index (χ4v) is 6.89. The Hall–Kier alpha value is -6.38. The lowest BCUT2D eigenvalue weighted by molar-refractivity contribution is 0.672. The van der Waals surface area contributed by atoms with Crippen molar-refractivity contribution in [3.8, 4) is 33.4 Å². The van der Waals surface area contributed by atoms with E-state index in [4.69, 9.17) is 4.42 Å². The van der Waals surface area contributed by atoms with Crippen molar-refractivity contribution >= 4 is 49.8 Å². The third kappa shape index (κ3) is 4.92. The van der Waals surface area contributed by atoms with E-state index in [0.717, 1.165) is 44.4 Å². The van der Waals surface area contributed by atoms with E-state index >= 15 is 0 Å². The van der Waals surface area contributed by atoms with Gasteiger partial charge >= 0.3 is 0 Å². The quantitative estimate of drug-likeness (QED) is 0.185. The van der Waals surface area contributed by atoms with Crippen molar-refractivity contribution in [1.29, 1.82) is 0 Å². The number of para-hydroxylation sites is 2. The number of nitrogens with zero attached hydrogens (tertiary/aromatic N) is 1. The predicted octanol–water partition coefficient (Wildman–Crippen LogP) is 13.2. The van der Waals surface area contributed by atoms with Gasteiger partial charge in [-0.05, 0) is 87.8 Å². The first kappa shape index (κ1) is 27.9. The van der Waals surface area contributed by atoms with Crippen LogP contribution in [-0.2, 0) is 0 Å². The molecule has 9 aromatic rings. The van der Waals surface area contributed by atoms with Crippen LogP contribution in [-0.4, -0.2) is 0 Å². The number of hydrogen-bond donors (Lipinski definition) is 0. The molecule has 0 spiro atoms.